The molecule has 1 heterocycles. The van der Waals surface area contributed by atoms with Crippen molar-refractivity contribution in [3.8, 4) is 0 Å². The summed E-state index contributed by atoms with van der Waals surface area (Å²) in [4.78, 5) is 2.91. The molecule has 1 aromatic carbocycles. The molecule has 2 aromatic rings. The Morgan fingerprint density at radius 1 is 1.24 bits per heavy atom. The van der Waals surface area contributed by atoms with E-state index in [2.05, 4.69) is 55.6 Å². The quantitative estimate of drug-likeness (QED) is 0.844. The summed E-state index contributed by atoms with van der Waals surface area (Å²) in [5.41, 5.74) is 3.15. The Kier molecular flexibility index (Phi) is 4.77. The van der Waals surface area contributed by atoms with Crippen LogP contribution >= 0.6 is 11.3 Å². The van der Waals surface area contributed by atoms with Gasteiger partial charge in [-0.3, -0.25) is 0 Å². The number of benzene rings is 1. The van der Waals surface area contributed by atoms with E-state index in [0.717, 1.165) is 13.0 Å². The van der Waals surface area contributed by atoms with E-state index in [1.807, 2.05) is 11.3 Å². The molecule has 2 heteroatoms. The molecule has 0 fully saturated rings. The molecule has 0 spiro atoms. The van der Waals surface area contributed by atoms with Crippen LogP contribution in [0.15, 0.2) is 36.4 Å². The van der Waals surface area contributed by atoms with Crippen molar-refractivity contribution >= 4 is 11.3 Å². The normalized spacial score (nSPS) is 19.2. The van der Waals surface area contributed by atoms with Crippen molar-refractivity contribution in [3.05, 3.63) is 57.3 Å². The van der Waals surface area contributed by atoms with Crippen LogP contribution in [0.25, 0.3) is 0 Å². The van der Waals surface area contributed by atoms with Gasteiger partial charge in [0.25, 0.3) is 0 Å². The summed E-state index contributed by atoms with van der Waals surface area (Å²) >= 11 is 1.93. The number of nitrogens with one attached hydrogen (secondary N) is 1. The minimum absolute atomic E-state index is 0.553. The summed E-state index contributed by atoms with van der Waals surface area (Å²) in [6.45, 7) is 5.61. The van der Waals surface area contributed by atoms with Gasteiger partial charge in [-0.15, -0.1) is 11.3 Å². The predicted octanol–water partition coefficient (Wildman–Crippen LogP) is 4.70. The molecule has 1 nitrogen and oxygen atoms in total. The third-order valence-electron chi connectivity index (χ3n) is 4.51. The first-order valence-electron chi connectivity index (χ1n) is 8.09. The fourth-order valence-corrected chi connectivity index (χ4v) is 4.40. The van der Waals surface area contributed by atoms with Crippen LogP contribution in [0.4, 0.5) is 0 Å². The SMILES string of the molecule is Cc1ccc(CC(C)NCC2CCCc3ccccc32)s1. The largest absolute Gasteiger partial charge is 0.313 e. The van der Waals surface area contributed by atoms with Gasteiger partial charge >= 0.3 is 0 Å². The molecule has 2 unspecified atom stereocenters. The summed E-state index contributed by atoms with van der Waals surface area (Å²) in [6.07, 6.45) is 5.07. The maximum Gasteiger partial charge on any atom is 0.00872 e. The molecular weight excluding hydrogens is 274 g/mol. The van der Waals surface area contributed by atoms with Gasteiger partial charge in [0.15, 0.2) is 0 Å². The van der Waals surface area contributed by atoms with Gasteiger partial charge in [0, 0.05) is 22.3 Å². The topological polar surface area (TPSA) is 12.0 Å². The molecule has 0 radical (unpaired) electrons. The highest BCUT2D eigenvalue weighted by Crippen LogP contribution is 2.31. The summed E-state index contributed by atoms with van der Waals surface area (Å²) in [7, 11) is 0. The Bertz CT molecular complexity index is 587. The zero-order chi connectivity index (χ0) is 14.7. The molecule has 0 saturated heterocycles. The average Bonchev–Trinajstić information content (AvgIpc) is 2.90. The summed E-state index contributed by atoms with van der Waals surface area (Å²) in [5.74, 6) is 0.697. The monoisotopic (exact) mass is 299 g/mol. The number of fused-ring (bicyclic) bond motifs is 1. The Balaban J connectivity index is 1.56. The van der Waals surface area contributed by atoms with Crippen molar-refractivity contribution in [1.82, 2.24) is 5.32 Å². The molecule has 0 bridgehead atoms. The molecule has 0 aliphatic heterocycles. The van der Waals surface area contributed by atoms with E-state index in [0.29, 0.717) is 12.0 Å². The lowest BCUT2D eigenvalue weighted by Gasteiger charge is -2.27. The Labute approximate surface area is 132 Å². The first-order valence-corrected chi connectivity index (χ1v) is 8.90. The molecule has 2 atom stereocenters. The van der Waals surface area contributed by atoms with Crippen molar-refractivity contribution in [2.45, 2.75) is 51.5 Å². The van der Waals surface area contributed by atoms with Crippen LogP contribution in [-0.4, -0.2) is 12.6 Å². The molecule has 21 heavy (non-hydrogen) atoms. The zero-order valence-electron chi connectivity index (χ0n) is 13.1. The van der Waals surface area contributed by atoms with Gasteiger partial charge in [-0.1, -0.05) is 24.3 Å². The smallest absolute Gasteiger partial charge is 0.00872 e. The minimum atomic E-state index is 0.553. The van der Waals surface area contributed by atoms with Gasteiger partial charge in [-0.25, -0.2) is 0 Å². The van der Waals surface area contributed by atoms with E-state index in [4.69, 9.17) is 0 Å². The van der Waals surface area contributed by atoms with Crippen LogP contribution in [0.2, 0.25) is 0 Å². The molecule has 1 aromatic heterocycles. The third kappa shape index (κ3) is 3.75. The number of rotatable bonds is 5. The molecule has 1 N–H and O–H groups in total. The van der Waals surface area contributed by atoms with Crippen LogP contribution in [0.3, 0.4) is 0 Å². The van der Waals surface area contributed by atoms with Crippen LogP contribution in [-0.2, 0) is 12.8 Å². The van der Waals surface area contributed by atoms with E-state index in [1.165, 1.54) is 29.0 Å². The van der Waals surface area contributed by atoms with Crippen LogP contribution in [0, 0.1) is 6.92 Å². The Morgan fingerprint density at radius 2 is 2.10 bits per heavy atom. The van der Waals surface area contributed by atoms with Crippen LogP contribution < -0.4 is 5.32 Å². The molecule has 0 saturated carbocycles. The molecule has 1 aliphatic rings. The van der Waals surface area contributed by atoms with Gasteiger partial charge in [-0.2, -0.15) is 0 Å². The van der Waals surface area contributed by atoms with Gasteiger partial charge in [-0.05, 0) is 68.7 Å². The minimum Gasteiger partial charge on any atom is -0.313 e. The van der Waals surface area contributed by atoms with Gasteiger partial charge in [0.05, 0.1) is 0 Å². The number of thiophene rings is 1. The van der Waals surface area contributed by atoms with Gasteiger partial charge < -0.3 is 5.32 Å². The van der Waals surface area contributed by atoms with Crippen molar-refractivity contribution < 1.29 is 0 Å². The maximum absolute atomic E-state index is 3.76. The van der Waals surface area contributed by atoms with E-state index in [1.54, 1.807) is 11.1 Å². The zero-order valence-corrected chi connectivity index (χ0v) is 13.9. The first kappa shape index (κ1) is 14.8. The van der Waals surface area contributed by atoms with Crippen molar-refractivity contribution in [3.63, 3.8) is 0 Å². The van der Waals surface area contributed by atoms with E-state index < -0.39 is 0 Å². The highest BCUT2D eigenvalue weighted by molar-refractivity contribution is 7.11. The van der Waals surface area contributed by atoms with Crippen molar-refractivity contribution in [2.75, 3.05) is 6.54 Å². The van der Waals surface area contributed by atoms with E-state index in [9.17, 15) is 0 Å². The lowest BCUT2D eigenvalue weighted by Crippen LogP contribution is -2.32. The fraction of sp³-hybridized carbons (Fsp3) is 0.474. The summed E-state index contributed by atoms with van der Waals surface area (Å²) < 4.78 is 0. The standard InChI is InChI=1S/C19H25NS/c1-14(12-18-11-10-15(2)21-18)20-13-17-8-5-7-16-6-3-4-9-19(16)17/h3-4,6,9-11,14,17,20H,5,7-8,12-13H2,1-2H3. The van der Waals surface area contributed by atoms with Crippen molar-refractivity contribution in [2.24, 2.45) is 0 Å². The van der Waals surface area contributed by atoms with Crippen LogP contribution in [0.1, 0.15) is 46.6 Å². The van der Waals surface area contributed by atoms with Gasteiger partial charge in [0.1, 0.15) is 0 Å². The van der Waals surface area contributed by atoms with Crippen LogP contribution in [0.5, 0.6) is 0 Å². The molecule has 112 valence electrons. The highest BCUT2D eigenvalue weighted by atomic mass is 32.1. The van der Waals surface area contributed by atoms with E-state index >= 15 is 0 Å². The molecular formula is C19H25NS. The third-order valence-corrected chi connectivity index (χ3v) is 5.53. The van der Waals surface area contributed by atoms with Gasteiger partial charge in [0.2, 0.25) is 0 Å². The second kappa shape index (κ2) is 6.76. The second-order valence-corrected chi connectivity index (χ2v) is 7.69. The number of hydrogen-bond acceptors (Lipinski definition) is 2. The Morgan fingerprint density at radius 3 is 2.90 bits per heavy atom. The first-order chi connectivity index (χ1) is 10.2. The Hall–Kier alpha value is -1.12. The lowest BCUT2D eigenvalue weighted by atomic mass is 9.83. The number of hydrogen-bond donors (Lipinski definition) is 1. The highest BCUT2D eigenvalue weighted by Gasteiger charge is 2.20. The maximum atomic E-state index is 3.76. The van der Waals surface area contributed by atoms with E-state index in [-0.39, 0.29) is 0 Å². The summed E-state index contributed by atoms with van der Waals surface area (Å²) in [6, 6.07) is 14.1. The molecule has 0 amide bonds. The molecule has 3 rings (SSSR count). The fourth-order valence-electron chi connectivity index (χ4n) is 3.38. The van der Waals surface area contributed by atoms with Crippen molar-refractivity contribution in [1.29, 1.82) is 0 Å². The lowest BCUT2D eigenvalue weighted by molar-refractivity contribution is 0.465. The second-order valence-electron chi connectivity index (χ2n) is 6.31. The summed E-state index contributed by atoms with van der Waals surface area (Å²) in [5, 5.41) is 3.76. The molecule has 1 aliphatic carbocycles. The number of aryl methyl sites for hydroxylation is 2. The average molecular weight is 299 g/mol. The predicted molar refractivity (Wildman–Crippen MR) is 92.3 cm³/mol.